The van der Waals surface area contributed by atoms with Crippen LogP contribution in [0.2, 0.25) is 0 Å². The van der Waals surface area contributed by atoms with Gasteiger partial charge in [-0.2, -0.15) is 0 Å². The monoisotopic (exact) mass is 418 g/mol. The summed E-state index contributed by atoms with van der Waals surface area (Å²) in [6.07, 6.45) is 3.18. The minimum absolute atomic E-state index is 0.136. The van der Waals surface area contributed by atoms with Gasteiger partial charge in [-0.15, -0.1) is 0 Å². The lowest BCUT2D eigenvalue weighted by Crippen LogP contribution is -2.44. The molecule has 4 rings (SSSR count). The van der Waals surface area contributed by atoms with Gasteiger partial charge in [-0.3, -0.25) is 14.5 Å². The fraction of sp³-hybridized carbons (Fsp3) is 0.400. The summed E-state index contributed by atoms with van der Waals surface area (Å²) in [6, 6.07) is 17.9. The summed E-state index contributed by atoms with van der Waals surface area (Å²) in [6.45, 7) is 5.17. The number of fused-ring (bicyclic) bond motifs is 1. The molecule has 0 unspecified atom stereocenters. The van der Waals surface area contributed by atoms with Crippen LogP contribution in [0.4, 0.5) is 0 Å². The molecule has 1 aromatic heterocycles. The summed E-state index contributed by atoms with van der Waals surface area (Å²) in [7, 11) is 0. The van der Waals surface area contributed by atoms with Crippen molar-refractivity contribution in [3.05, 3.63) is 76.3 Å². The van der Waals surface area contributed by atoms with Gasteiger partial charge in [0.25, 0.3) is 5.56 Å². The van der Waals surface area contributed by atoms with Gasteiger partial charge in [-0.05, 0) is 49.4 Å². The highest BCUT2D eigenvalue weighted by Crippen LogP contribution is 2.22. The summed E-state index contributed by atoms with van der Waals surface area (Å²) in [5.74, 6) is 1.39. The number of aromatic nitrogens is 2. The molecule has 0 atom stereocenters. The van der Waals surface area contributed by atoms with Crippen molar-refractivity contribution in [1.82, 2.24) is 19.8 Å². The first kappa shape index (κ1) is 21.2. The molecule has 0 aliphatic carbocycles. The smallest absolute Gasteiger partial charge is 0.258 e. The van der Waals surface area contributed by atoms with E-state index in [1.54, 1.807) is 6.07 Å². The van der Waals surface area contributed by atoms with E-state index in [2.05, 4.69) is 34.2 Å². The number of hydrogen-bond acceptors (Lipinski definition) is 4. The van der Waals surface area contributed by atoms with Gasteiger partial charge in [0.05, 0.1) is 24.0 Å². The van der Waals surface area contributed by atoms with Crippen LogP contribution in [-0.2, 0) is 17.8 Å². The number of likely N-dealkylation sites (N-methyl/N-ethyl adjacent to an activating group) is 1. The van der Waals surface area contributed by atoms with E-state index < -0.39 is 0 Å². The average Bonchev–Trinajstić information content (AvgIpc) is 2.80. The molecule has 3 aromatic rings. The Labute approximate surface area is 182 Å². The summed E-state index contributed by atoms with van der Waals surface area (Å²) < 4.78 is 0. The van der Waals surface area contributed by atoms with Crippen LogP contribution in [0.25, 0.3) is 10.9 Å². The number of carbonyl (C=O) groups is 1. The molecule has 1 fully saturated rings. The maximum absolute atomic E-state index is 12.9. The van der Waals surface area contributed by atoms with Crippen molar-refractivity contribution in [1.29, 1.82) is 0 Å². The number of nitrogens with zero attached hydrogens (tertiary/aromatic N) is 3. The molecule has 1 amide bonds. The van der Waals surface area contributed by atoms with Gasteiger partial charge in [0.1, 0.15) is 5.82 Å². The van der Waals surface area contributed by atoms with E-state index in [9.17, 15) is 9.59 Å². The standard InChI is InChI=1S/C25H30N4O2/c1-2-28(17-23-26-22-11-7-6-10-21(22)25(31)27-23)18-24(30)29-14-12-20(13-15-29)16-19-8-4-3-5-9-19/h3-11,20H,2,12-18H2,1H3,(H,26,27,31). The number of piperidine rings is 1. The van der Waals surface area contributed by atoms with Gasteiger partial charge < -0.3 is 9.88 Å². The molecule has 1 aliphatic rings. The quantitative estimate of drug-likeness (QED) is 0.640. The Morgan fingerprint density at radius 2 is 1.81 bits per heavy atom. The number of rotatable bonds is 7. The van der Waals surface area contributed by atoms with E-state index >= 15 is 0 Å². The Kier molecular flexibility index (Phi) is 6.77. The predicted molar refractivity (Wildman–Crippen MR) is 123 cm³/mol. The highest BCUT2D eigenvalue weighted by molar-refractivity contribution is 5.78. The van der Waals surface area contributed by atoms with Crippen molar-refractivity contribution < 1.29 is 4.79 Å². The molecule has 0 bridgehead atoms. The van der Waals surface area contributed by atoms with Crippen LogP contribution in [-0.4, -0.2) is 51.9 Å². The molecule has 6 heteroatoms. The zero-order chi connectivity index (χ0) is 21.6. The van der Waals surface area contributed by atoms with E-state index in [1.165, 1.54) is 5.56 Å². The molecule has 1 N–H and O–H groups in total. The number of hydrogen-bond donors (Lipinski definition) is 1. The number of para-hydroxylation sites is 1. The summed E-state index contributed by atoms with van der Waals surface area (Å²) in [4.78, 5) is 36.7. The summed E-state index contributed by atoms with van der Waals surface area (Å²) >= 11 is 0. The van der Waals surface area contributed by atoms with Gasteiger partial charge in [-0.1, -0.05) is 49.4 Å². The lowest BCUT2D eigenvalue weighted by molar-refractivity contribution is -0.133. The number of carbonyl (C=O) groups excluding carboxylic acids is 1. The zero-order valence-electron chi connectivity index (χ0n) is 18.1. The molecule has 1 saturated heterocycles. The largest absolute Gasteiger partial charge is 0.342 e. The highest BCUT2D eigenvalue weighted by atomic mass is 16.2. The first-order chi connectivity index (χ1) is 15.1. The molecule has 31 heavy (non-hydrogen) atoms. The molecule has 0 spiro atoms. The van der Waals surface area contributed by atoms with E-state index in [1.807, 2.05) is 41.0 Å². The number of nitrogens with one attached hydrogen (secondary N) is 1. The minimum atomic E-state index is -0.136. The van der Waals surface area contributed by atoms with Crippen LogP contribution in [0.1, 0.15) is 31.2 Å². The number of benzene rings is 2. The Balaban J connectivity index is 1.32. The third kappa shape index (κ3) is 5.39. The van der Waals surface area contributed by atoms with E-state index in [-0.39, 0.29) is 11.5 Å². The van der Waals surface area contributed by atoms with Crippen LogP contribution in [0.5, 0.6) is 0 Å². The second kappa shape index (κ2) is 9.88. The van der Waals surface area contributed by atoms with Crippen LogP contribution in [0.15, 0.2) is 59.4 Å². The van der Waals surface area contributed by atoms with Crippen LogP contribution >= 0.6 is 0 Å². The number of amides is 1. The van der Waals surface area contributed by atoms with Crippen LogP contribution < -0.4 is 5.56 Å². The van der Waals surface area contributed by atoms with Crippen LogP contribution in [0, 0.1) is 5.92 Å². The maximum Gasteiger partial charge on any atom is 0.258 e. The van der Waals surface area contributed by atoms with Gasteiger partial charge in [0.15, 0.2) is 0 Å². The molecular formula is C25H30N4O2. The van der Waals surface area contributed by atoms with Crippen molar-refractivity contribution in [3.8, 4) is 0 Å². The van der Waals surface area contributed by atoms with Gasteiger partial charge in [-0.25, -0.2) is 4.98 Å². The predicted octanol–water partition coefficient (Wildman–Crippen LogP) is 3.23. The molecule has 0 saturated carbocycles. The third-order valence-corrected chi connectivity index (χ3v) is 6.18. The molecule has 1 aliphatic heterocycles. The fourth-order valence-electron chi connectivity index (χ4n) is 4.33. The van der Waals surface area contributed by atoms with Gasteiger partial charge >= 0.3 is 0 Å². The molecular weight excluding hydrogens is 388 g/mol. The highest BCUT2D eigenvalue weighted by Gasteiger charge is 2.24. The summed E-state index contributed by atoms with van der Waals surface area (Å²) in [5.41, 5.74) is 1.92. The molecule has 162 valence electrons. The van der Waals surface area contributed by atoms with E-state index in [0.717, 1.165) is 32.4 Å². The second-order valence-corrected chi connectivity index (χ2v) is 8.35. The number of likely N-dealkylation sites (tertiary alicyclic amines) is 1. The van der Waals surface area contributed by atoms with E-state index in [0.29, 0.717) is 42.3 Å². The van der Waals surface area contributed by atoms with Gasteiger partial charge in [0, 0.05) is 13.1 Å². The van der Waals surface area contributed by atoms with Crippen molar-refractivity contribution in [2.75, 3.05) is 26.2 Å². The van der Waals surface area contributed by atoms with E-state index in [4.69, 9.17) is 0 Å². The Morgan fingerprint density at radius 1 is 1.10 bits per heavy atom. The number of H-pyrrole nitrogens is 1. The minimum Gasteiger partial charge on any atom is -0.342 e. The zero-order valence-corrected chi connectivity index (χ0v) is 18.1. The number of aromatic amines is 1. The first-order valence-electron chi connectivity index (χ1n) is 11.1. The third-order valence-electron chi connectivity index (χ3n) is 6.18. The van der Waals surface area contributed by atoms with Crippen molar-refractivity contribution >= 4 is 16.8 Å². The SMILES string of the molecule is CCN(CC(=O)N1CCC(Cc2ccccc2)CC1)Cc1nc2ccccc2c(=O)[nH]1. The average molecular weight is 419 g/mol. The Hall–Kier alpha value is -2.99. The fourth-order valence-corrected chi connectivity index (χ4v) is 4.33. The Morgan fingerprint density at radius 3 is 2.55 bits per heavy atom. The molecule has 2 aromatic carbocycles. The lowest BCUT2D eigenvalue weighted by Gasteiger charge is -2.33. The van der Waals surface area contributed by atoms with Gasteiger partial charge in [0.2, 0.25) is 5.91 Å². The molecule has 2 heterocycles. The summed E-state index contributed by atoms with van der Waals surface area (Å²) in [5, 5.41) is 0.587. The van der Waals surface area contributed by atoms with Crippen molar-refractivity contribution in [2.24, 2.45) is 5.92 Å². The maximum atomic E-state index is 12.9. The topological polar surface area (TPSA) is 69.3 Å². The van der Waals surface area contributed by atoms with Crippen LogP contribution in [0.3, 0.4) is 0 Å². The Bertz CT molecular complexity index is 1070. The molecule has 0 radical (unpaired) electrons. The van der Waals surface area contributed by atoms with Crippen molar-refractivity contribution in [2.45, 2.75) is 32.7 Å². The lowest BCUT2D eigenvalue weighted by atomic mass is 9.90. The second-order valence-electron chi connectivity index (χ2n) is 8.35. The normalized spacial score (nSPS) is 15.0. The first-order valence-corrected chi connectivity index (χ1v) is 11.1. The molecule has 6 nitrogen and oxygen atoms in total. The van der Waals surface area contributed by atoms with Crippen molar-refractivity contribution in [3.63, 3.8) is 0 Å².